The molecule has 1 aliphatic rings. The van der Waals surface area contributed by atoms with Crippen LogP contribution in [-0.4, -0.2) is 47.9 Å². The third-order valence-electron chi connectivity index (χ3n) is 6.93. The van der Waals surface area contributed by atoms with Crippen LogP contribution in [-0.2, 0) is 6.54 Å². The van der Waals surface area contributed by atoms with Gasteiger partial charge in [-0.1, -0.05) is 42.5 Å². The fraction of sp³-hybridized carbons (Fsp3) is 0.233. The maximum absolute atomic E-state index is 12.9. The second-order valence-corrected chi connectivity index (χ2v) is 9.48. The van der Waals surface area contributed by atoms with E-state index >= 15 is 0 Å². The third-order valence-corrected chi connectivity index (χ3v) is 6.93. The number of aromatic nitrogens is 1. The van der Waals surface area contributed by atoms with E-state index in [2.05, 4.69) is 44.8 Å². The Labute approximate surface area is 221 Å². The first kappa shape index (κ1) is 25.2. The number of anilines is 2. The number of pyridine rings is 1. The van der Waals surface area contributed by atoms with E-state index in [1.54, 1.807) is 19.2 Å². The zero-order chi connectivity index (χ0) is 26.5. The van der Waals surface area contributed by atoms with E-state index in [4.69, 9.17) is 10.5 Å². The molecule has 8 heteroatoms. The van der Waals surface area contributed by atoms with Crippen LogP contribution >= 0.6 is 0 Å². The molecule has 8 nitrogen and oxygen atoms in total. The van der Waals surface area contributed by atoms with Gasteiger partial charge in [-0.25, -0.2) is 0 Å². The number of nitrogens with one attached hydrogen (secondary N) is 2. The van der Waals surface area contributed by atoms with Crippen molar-refractivity contribution in [1.29, 1.82) is 0 Å². The molecular weight excluding hydrogens is 478 g/mol. The Morgan fingerprint density at radius 2 is 1.74 bits per heavy atom. The number of fused-ring (bicyclic) bond motifs is 1. The van der Waals surface area contributed by atoms with Crippen molar-refractivity contribution in [2.75, 3.05) is 25.5 Å². The summed E-state index contributed by atoms with van der Waals surface area (Å²) in [6.45, 7) is 2.85. The largest absolute Gasteiger partial charge is 0.494 e. The van der Waals surface area contributed by atoms with Crippen molar-refractivity contribution < 1.29 is 14.3 Å². The van der Waals surface area contributed by atoms with Gasteiger partial charge in [0.2, 0.25) is 0 Å². The molecule has 5 rings (SSSR count). The summed E-state index contributed by atoms with van der Waals surface area (Å²) in [4.78, 5) is 31.8. The normalized spacial score (nSPS) is 14.2. The number of carbonyl (C=O) groups is 2. The van der Waals surface area contributed by atoms with Gasteiger partial charge in [-0.3, -0.25) is 19.5 Å². The van der Waals surface area contributed by atoms with Crippen LogP contribution in [0.15, 0.2) is 79.0 Å². The number of nitrogens with two attached hydrogens (primary N) is 1. The summed E-state index contributed by atoms with van der Waals surface area (Å²) >= 11 is 0. The van der Waals surface area contributed by atoms with Crippen molar-refractivity contribution in [2.45, 2.75) is 25.4 Å². The van der Waals surface area contributed by atoms with Crippen molar-refractivity contribution in [1.82, 2.24) is 15.2 Å². The molecule has 2 amide bonds. The van der Waals surface area contributed by atoms with E-state index in [0.29, 0.717) is 33.6 Å². The molecule has 0 unspecified atom stereocenters. The van der Waals surface area contributed by atoms with Crippen molar-refractivity contribution in [3.05, 3.63) is 95.7 Å². The number of hydrogen-bond donors (Lipinski definition) is 3. The van der Waals surface area contributed by atoms with Crippen LogP contribution < -0.4 is 21.1 Å². The van der Waals surface area contributed by atoms with Crippen molar-refractivity contribution in [2.24, 2.45) is 5.73 Å². The number of likely N-dealkylation sites (tertiary alicyclic amines) is 1. The van der Waals surface area contributed by atoms with Crippen LogP contribution in [0.3, 0.4) is 0 Å². The molecule has 3 aromatic carbocycles. The van der Waals surface area contributed by atoms with Gasteiger partial charge in [0.15, 0.2) is 0 Å². The molecule has 1 aliphatic heterocycles. The molecule has 4 aromatic rings. The van der Waals surface area contributed by atoms with E-state index in [1.165, 1.54) is 11.8 Å². The van der Waals surface area contributed by atoms with E-state index in [-0.39, 0.29) is 17.5 Å². The number of nitrogens with zero attached hydrogens (tertiary/aromatic N) is 2. The molecular formula is C30H31N5O3. The summed E-state index contributed by atoms with van der Waals surface area (Å²) in [7, 11) is 1.57. The summed E-state index contributed by atoms with van der Waals surface area (Å²) in [6.07, 6.45) is 3.29. The van der Waals surface area contributed by atoms with Gasteiger partial charge in [0.05, 0.1) is 18.4 Å². The predicted octanol–water partition coefficient (Wildman–Crippen LogP) is 4.48. The highest BCUT2D eigenvalue weighted by atomic mass is 16.5. The lowest BCUT2D eigenvalue weighted by Gasteiger charge is -2.32. The van der Waals surface area contributed by atoms with E-state index in [1.807, 2.05) is 36.4 Å². The summed E-state index contributed by atoms with van der Waals surface area (Å²) in [5.74, 6) is -0.0787. The molecule has 194 valence electrons. The number of primary amides is 1. The van der Waals surface area contributed by atoms with E-state index in [9.17, 15) is 9.59 Å². The highest BCUT2D eigenvalue weighted by Crippen LogP contribution is 2.33. The van der Waals surface area contributed by atoms with Gasteiger partial charge in [-0.15, -0.1) is 0 Å². The first-order chi connectivity index (χ1) is 18.5. The summed E-state index contributed by atoms with van der Waals surface area (Å²) in [5.41, 5.74) is 9.66. The number of carbonyl (C=O) groups excluding carboxylic acids is 2. The fourth-order valence-electron chi connectivity index (χ4n) is 4.88. The molecule has 1 saturated heterocycles. The number of ether oxygens (including phenoxy) is 1. The van der Waals surface area contributed by atoms with Gasteiger partial charge in [-0.05, 0) is 48.7 Å². The monoisotopic (exact) mass is 509 g/mol. The molecule has 0 aliphatic carbocycles. The molecule has 4 N–H and O–H groups in total. The topological polar surface area (TPSA) is 110 Å². The Balaban J connectivity index is 1.23. The Kier molecular flexibility index (Phi) is 7.51. The Hall–Kier alpha value is -4.43. The SMILES string of the molecule is COc1cccc2c(Nc3ccc(C(=O)NC4CCN(Cc5ccccc5)CC4)cc3)c(C(N)=O)cnc12. The first-order valence-electron chi connectivity index (χ1n) is 12.7. The smallest absolute Gasteiger partial charge is 0.252 e. The number of hydrogen-bond acceptors (Lipinski definition) is 6. The van der Waals surface area contributed by atoms with Gasteiger partial charge in [0.1, 0.15) is 11.3 Å². The standard InChI is InChI=1S/C30H31N5O3/c1-38-26-9-5-8-24-27(25(29(31)36)18-32-28(24)26)33-22-12-10-21(11-13-22)30(37)34-23-14-16-35(17-15-23)19-20-6-3-2-4-7-20/h2-13,18,23H,14-17,19H2,1H3,(H2,31,36)(H,32,33)(H,34,37). The maximum atomic E-state index is 12.9. The lowest BCUT2D eigenvalue weighted by molar-refractivity contribution is 0.0908. The number of para-hydroxylation sites is 1. The average Bonchev–Trinajstić information content (AvgIpc) is 2.94. The second-order valence-electron chi connectivity index (χ2n) is 9.48. The lowest BCUT2D eigenvalue weighted by atomic mass is 10.0. The van der Waals surface area contributed by atoms with Crippen LogP contribution in [0.4, 0.5) is 11.4 Å². The Bertz CT molecular complexity index is 1430. The minimum Gasteiger partial charge on any atom is -0.494 e. The van der Waals surface area contributed by atoms with Crippen LogP contribution in [0.2, 0.25) is 0 Å². The molecule has 2 heterocycles. The molecule has 0 spiro atoms. The second kappa shape index (κ2) is 11.3. The van der Waals surface area contributed by atoms with Gasteiger partial charge in [0, 0.05) is 48.5 Å². The quantitative estimate of drug-likeness (QED) is 0.323. The minimum absolute atomic E-state index is 0.0880. The fourth-order valence-corrected chi connectivity index (χ4v) is 4.88. The van der Waals surface area contributed by atoms with Crippen molar-refractivity contribution in [3.63, 3.8) is 0 Å². The summed E-state index contributed by atoms with van der Waals surface area (Å²) < 4.78 is 5.42. The average molecular weight is 510 g/mol. The summed E-state index contributed by atoms with van der Waals surface area (Å²) in [6, 6.07) is 23.3. The maximum Gasteiger partial charge on any atom is 0.252 e. The third kappa shape index (κ3) is 5.60. The highest BCUT2D eigenvalue weighted by molar-refractivity contribution is 6.08. The molecule has 0 saturated carbocycles. The number of methoxy groups -OCH3 is 1. The van der Waals surface area contributed by atoms with Crippen LogP contribution in [0.5, 0.6) is 5.75 Å². The number of benzene rings is 3. The first-order valence-corrected chi connectivity index (χ1v) is 12.7. The number of rotatable bonds is 8. The Morgan fingerprint density at radius 1 is 1.00 bits per heavy atom. The summed E-state index contributed by atoms with van der Waals surface area (Å²) in [5, 5.41) is 7.18. The molecule has 0 bridgehead atoms. The lowest BCUT2D eigenvalue weighted by Crippen LogP contribution is -2.44. The molecule has 1 fully saturated rings. The van der Waals surface area contributed by atoms with Crippen molar-refractivity contribution in [3.8, 4) is 5.75 Å². The molecule has 0 atom stereocenters. The highest BCUT2D eigenvalue weighted by Gasteiger charge is 2.21. The van der Waals surface area contributed by atoms with Crippen LogP contribution in [0, 0.1) is 0 Å². The molecule has 0 radical (unpaired) electrons. The van der Waals surface area contributed by atoms with Gasteiger partial charge < -0.3 is 21.1 Å². The van der Waals surface area contributed by atoms with Gasteiger partial charge in [-0.2, -0.15) is 0 Å². The molecule has 38 heavy (non-hydrogen) atoms. The van der Waals surface area contributed by atoms with Gasteiger partial charge in [0.25, 0.3) is 11.8 Å². The van der Waals surface area contributed by atoms with Crippen LogP contribution in [0.25, 0.3) is 10.9 Å². The zero-order valence-corrected chi connectivity index (χ0v) is 21.3. The number of amides is 2. The number of piperidine rings is 1. The minimum atomic E-state index is -0.587. The zero-order valence-electron chi connectivity index (χ0n) is 21.3. The van der Waals surface area contributed by atoms with E-state index < -0.39 is 5.91 Å². The Morgan fingerprint density at radius 3 is 2.42 bits per heavy atom. The van der Waals surface area contributed by atoms with Crippen molar-refractivity contribution >= 4 is 34.1 Å². The molecule has 1 aromatic heterocycles. The van der Waals surface area contributed by atoms with Crippen LogP contribution in [0.1, 0.15) is 39.1 Å². The van der Waals surface area contributed by atoms with E-state index in [0.717, 1.165) is 32.5 Å². The predicted molar refractivity (Wildman–Crippen MR) is 149 cm³/mol. The van der Waals surface area contributed by atoms with Gasteiger partial charge >= 0.3 is 0 Å².